The molecule has 0 unspecified atom stereocenters. The Hall–Kier alpha value is -2.35. The van der Waals surface area contributed by atoms with Gasteiger partial charge in [-0.3, -0.25) is 4.79 Å². The number of aryl methyl sites for hydroxylation is 1. The van der Waals surface area contributed by atoms with Crippen LogP contribution in [0.25, 0.3) is 22.2 Å². The van der Waals surface area contributed by atoms with Crippen LogP contribution < -0.4 is 5.43 Å². The van der Waals surface area contributed by atoms with E-state index < -0.39 is 0 Å². The van der Waals surface area contributed by atoms with Crippen LogP contribution in [0.4, 0.5) is 0 Å². The van der Waals surface area contributed by atoms with E-state index in [9.17, 15) is 4.79 Å². The molecule has 0 saturated carbocycles. The highest BCUT2D eigenvalue weighted by molar-refractivity contribution is 5.87. The Kier molecular flexibility index (Phi) is 3.15. The first kappa shape index (κ1) is 14.3. The molecule has 0 bridgehead atoms. The Labute approximate surface area is 136 Å². The van der Waals surface area contributed by atoms with Crippen LogP contribution >= 0.6 is 0 Å². The van der Waals surface area contributed by atoms with Gasteiger partial charge in [0.2, 0.25) is 0 Å². The third-order valence-electron chi connectivity index (χ3n) is 5.01. The van der Waals surface area contributed by atoms with Crippen LogP contribution in [0, 0.1) is 0 Å². The lowest BCUT2D eigenvalue weighted by Gasteiger charge is -2.17. The number of rotatable bonds is 2. The molecule has 1 aromatic heterocycles. The van der Waals surface area contributed by atoms with Gasteiger partial charge in [0, 0.05) is 29.5 Å². The lowest BCUT2D eigenvalue weighted by molar-refractivity contribution is 0.792. The van der Waals surface area contributed by atoms with Gasteiger partial charge in [0.15, 0.2) is 5.43 Å². The van der Waals surface area contributed by atoms with Crippen molar-refractivity contribution in [3.05, 3.63) is 69.4 Å². The molecule has 0 spiro atoms. The van der Waals surface area contributed by atoms with Gasteiger partial charge in [0.25, 0.3) is 0 Å². The number of hydrogen-bond donors (Lipinski definition) is 0. The molecular formula is C21H21NO. The molecule has 0 N–H and O–H groups in total. The summed E-state index contributed by atoms with van der Waals surface area (Å²) in [5, 5.41) is 0.865. The van der Waals surface area contributed by atoms with Crippen molar-refractivity contribution in [2.45, 2.75) is 39.7 Å². The molecule has 1 aliphatic rings. The van der Waals surface area contributed by atoms with E-state index in [1.54, 1.807) is 0 Å². The number of nitrogens with zero attached hydrogens (tertiary/aromatic N) is 1. The topological polar surface area (TPSA) is 22.0 Å². The Morgan fingerprint density at radius 2 is 1.91 bits per heavy atom. The zero-order chi connectivity index (χ0) is 16.1. The van der Waals surface area contributed by atoms with Gasteiger partial charge >= 0.3 is 0 Å². The maximum Gasteiger partial charge on any atom is 0.193 e. The van der Waals surface area contributed by atoms with Gasteiger partial charge in [0.05, 0.1) is 11.2 Å². The summed E-state index contributed by atoms with van der Waals surface area (Å²) in [5.41, 5.74) is 7.06. The van der Waals surface area contributed by atoms with Crippen LogP contribution in [0.2, 0.25) is 0 Å². The maximum absolute atomic E-state index is 13.1. The first-order valence-corrected chi connectivity index (χ1v) is 8.39. The van der Waals surface area contributed by atoms with Crippen LogP contribution in [0.5, 0.6) is 0 Å². The summed E-state index contributed by atoms with van der Waals surface area (Å²) in [6.45, 7) is 7.36. The second-order valence-corrected chi connectivity index (χ2v) is 6.67. The molecule has 2 nitrogen and oxygen atoms in total. The van der Waals surface area contributed by atoms with E-state index in [1.807, 2.05) is 0 Å². The van der Waals surface area contributed by atoms with Crippen molar-refractivity contribution in [3.63, 3.8) is 0 Å². The largest absolute Gasteiger partial charge is 0.340 e. The fourth-order valence-corrected chi connectivity index (χ4v) is 3.78. The molecule has 0 atom stereocenters. The summed E-state index contributed by atoms with van der Waals surface area (Å²) < 4.78 is 2.31. The zero-order valence-corrected chi connectivity index (χ0v) is 13.9. The van der Waals surface area contributed by atoms with Crippen LogP contribution in [0.1, 0.15) is 43.4 Å². The van der Waals surface area contributed by atoms with Crippen LogP contribution in [0.15, 0.2) is 47.3 Å². The number of hydrogen-bond acceptors (Lipinski definition) is 1. The van der Waals surface area contributed by atoms with Crippen molar-refractivity contribution in [1.82, 2.24) is 4.57 Å². The molecule has 1 aliphatic carbocycles. The normalized spacial score (nSPS) is 12.7. The van der Waals surface area contributed by atoms with Gasteiger partial charge in [0.1, 0.15) is 0 Å². The number of fused-ring (bicyclic) bond motifs is 4. The Morgan fingerprint density at radius 3 is 2.65 bits per heavy atom. The summed E-state index contributed by atoms with van der Waals surface area (Å²) in [5.74, 6) is 0.430. The molecule has 0 fully saturated rings. The average Bonchev–Trinajstić information content (AvgIpc) is 2.95. The smallest absolute Gasteiger partial charge is 0.193 e. The standard InChI is InChI=1S/C21H21NO/c1-4-22-19-10-9-14(13(2)3)11-17(19)21(23)18-12-15-7-5-6-8-16(15)20(18)22/h5-11,13H,4,12H2,1-3H3. The summed E-state index contributed by atoms with van der Waals surface area (Å²) in [6.07, 6.45) is 0.756. The molecule has 3 aromatic rings. The zero-order valence-electron chi connectivity index (χ0n) is 13.9. The summed E-state index contributed by atoms with van der Waals surface area (Å²) in [7, 11) is 0. The predicted molar refractivity (Wildman–Crippen MR) is 96.2 cm³/mol. The highest BCUT2D eigenvalue weighted by Crippen LogP contribution is 2.37. The van der Waals surface area contributed by atoms with Crippen LogP contribution in [-0.2, 0) is 13.0 Å². The fourth-order valence-electron chi connectivity index (χ4n) is 3.78. The van der Waals surface area contributed by atoms with Crippen molar-refractivity contribution < 1.29 is 0 Å². The number of aromatic nitrogens is 1. The third kappa shape index (κ3) is 1.98. The van der Waals surface area contributed by atoms with Crippen molar-refractivity contribution in [2.24, 2.45) is 0 Å². The lowest BCUT2D eigenvalue weighted by Crippen LogP contribution is -2.15. The van der Waals surface area contributed by atoms with E-state index in [-0.39, 0.29) is 5.43 Å². The van der Waals surface area contributed by atoms with E-state index in [4.69, 9.17) is 0 Å². The second-order valence-electron chi connectivity index (χ2n) is 6.67. The molecule has 116 valence electrons. The van der Waals surface area contributed by atoms with Crippen molar-refractivity contribution in [3.8, 4) is 11.3 Å². The quantitative estimate of drug-likeness (QED) is 0.525. The molecule has 0 saturated heterocycles. The first-order chi connectivity index (χ1) is 11.1. The highest BCUT2D eigenvalue weighted by Gasteiger charge is 2.25. The molecule has 23 heavy (non-hydrogen) atoms. The molecule has 2 aromatic carbocycles. The third-order valence-corrected chi connectivity index (χ3v) is 5.01. The molecule has 0 amide bonds. The monoisotopic (exact) mass is 303 g/mol. The van der Waals surface area contributed by atoms with Gasteiger partial charge in [-0.1, -0.05) is 44.2 Å². The van der Waals surface area contributed by atoms with Crippen LogP contribution in [-0.4, -0.2) is 4.57 Å². The average molecular weight is 303 g/mol. The molecule has 0 radical (unpaired) electrons. The summed E-state index contributed by atoms with van der Waals surface area (Å²) >= 11 is 0. The summed E-state index contributed by atoms with van der Waals surface area (Å²) in [6, 6.07) is 14.8. The van der Waals surface area contributed by atoms with Crippen molar-refractivity contribution in [1.29, 1.82) is 0 Å². The van der Waals surface area contributed by atoms with Crippen LogP contribution in [0.3, 0.4) is 0 Å². The van der Waals surface area contributed by atoms with E-state index >= 15 is 0 Å². The SMILES string of the molecule is CCn1c2c(c(=O)c3cc(C(C)C)ccc31)Cc1ccccc1-2. The number of pyridine rings is 1. The Morgan fingerprint density at radius 1 is 1.13 bits per heavy atom. The van der Waals surface area contributed by atoms with E-state index in [0.717, 1.165) is 35.1 Å². The summed E-state index contributed by atoms with van der Waals surface area (Å²) in [4.78, 5) is 13.1. The number of benzene rings is 2. The first-order valence-electron chi connectivity index (χ1n) is 8.39. The van der Waals surface area contributed by atoms with E-state index in [2.05, 4.69) is 67.8 Å². The van der Waals surface area contributed by atoms with Gasteiger partial charge in [-0.05, 0) is 36.1 Å². The Balaban J connectivity index is 2.13. The predicted octanol–water partition coefficient (Wildman–Crippen LogP) is 4.72. The minimum Gasteiger partial charge on any atom is -0.340 e. The molecule has 4 rings (SSSR count). The van der Waals surface area contributed by atoms with Gasteiger partial charge in [-0.2, -0.15) is 0 Å². The molecule has 2 heteroatoms. The van der Waals surface area contributed by atoms with Crippen molar-refractivity contribution >= 4 is 10.9 Å². The minimum atomic E-state index is 0.207. The van der Waals surface area contributed by atoms with E-state index in [0.29, 0.717) is 5.92 Å². The molecule has 1 heterocycles. The van der Waals surface area contributed by atoms with Crippen molar-refractivity contribution in [2.75, 3.05) is 0 Å². The van der Waals surface area contributed by atoms with Gasteiger partial charge in [-0.15, -0.1) is 0 Å². The Bertz CT molecular complexity index is 979. The fraction of sp³-hybridized carbons (Fsp3) is 0.286. The minimum absolute atomic E-state index is 0.207. The van der Waals surface area contributed by atoms with E-state index in [1.165, 1.54) is 16.7 Å². The lowest BCUT2D eigenvalue weighted by atomic mass is 9.99. The molecule has 0 aliphatic heterocycles. The van der Waals surface area contributed by atoms with Gasteiger partial charge < -0.3 is 4.57 Å². The second kappa shape index (κ2) is 5.09. The molecular weight excluding hydrogens is 282 g/mol. The maximum atomic E-state index is 13.1. The van der Waals surface area contributed by atoms with Gasteiger partial charge in [-0.25, -0.2) is 0 Å². The highest BCUT2D eigenvalue weighted by atomic mass is 16.1.